The average Bonchev–Trinajstić information content (AvgIpc) is 3.42. The molecule has 6 rings (SSSR count). The number of hydrogen-bond acceptors (Lipinski definition) is 10. The standard InChI is InChI=1S/C33H30N4O9/c1-3-21-22-11-20(39)9-10-26(22)36-29-23(21)14-37-27(29)12-25-24(30(37)41)16-44-31(42)33(25,4-2)46-32(43)45-15-18-5-7-19(8-6-18)35-28(40)13-34-17-38/h5-12,17,39H,3-4,13-16H2,1-2H3,(H,34,38)(H,35,40)/t33-/m0/s1. The number of aryl methyl sites for hydroxylation is 1. The molecule has 0 saturated heterocycles. The van der Waals surface area contributed by atoms with E-state index in [0.29, 0.717) is 41.0 Å². The van der Waals surface area contributed by atoms with Gasteiger partial charge in [0.05, 0.1) is 35.6 Å². The summed E-state index contributed by atoms with van der Waals surface area (Å²) in [6, 6.07) is 13.1. The Labute approximate surface area is 262 Å². The predicted octanol–water partition coefficient (Wildman–Crippen LogP) is 3.39. The summed E-state index contributed by atoms with van der Waals surface area (Å²) < 4.78 is 18.0. The van der Waals surface area contributed by atoms with Crippen molar-refractivity contribution in [2.45, 2.75) is 52.0 Å². The molecular formula is C33H30N4O9. The number of ether oxygens (including phenoxy) is 3. The van der Waals surface area contributed by atoms with E-state index in [4.69, 9.17) is 19.2 Å². The Morgan fingerprint density at radius 1 is 1.11 bits per heavy atom. The van der Waals surface area contributed by atoms with E-state index < -0.39 is 23.6 Å². The first-order valence-corrected chi connectivity index (χ1v) is 14.7. The molecule has 0 radical (unpaired) electrons. The lowest BCUT2D eigenvalue weighted by atomic mass is 9.85. The Morgan fingerprint density at radius 2 is 1.89 bits per heavy atom. The summed E-state index contributed by atoms with van der Waals surface area (Å²) in [7, 11) is 0. The number of anilines is 1. The van der Waals surface area contributed by atoms with E-state index in [0.717, 1.165) is 16.5 Å². The van der Waals surface area contributed by atoms with Crippen molar-refractivity contribution in [2.75, 3.05) is 11.9 Å². The normalized spacial score (nSPS) is 16.1. The number of nitrogens with zero attached hydrogens (tertiary/aromatic N) is 2. The fourth-order valence-corrected chi connectivity index (χ4v) is 6.05. The molecule has 1 atom stereocenters. The predicted molar refractivity (Wildman–Crippen MR) is 164 cm³/mol. The van der Waals surface area contributed by atoms with Crippen LogP contribution in [0.25, 0.3) is 22.3 Å². The minimum absolute atomic E-state index is 0.0261. The number of fused-ring (bicyclic) bond motifs is 5. The zero-order valence-corrected chi connectivity index (χ0v) is 25.0. The minimum Gasteiger partial charge on any atom is -0.508 e. The number of pyridine rings is 2. The SMILES string of the molecule is CCc1c2c(nc3ccc(O)cc13)-c1cc3c(c(=O)n1C2)COC(=O)[C@@]3(CC)OC(=O)OCc1ccc(NC(=O)CNC=O)cc1. The van der Waals surface area contributed by atoms with Crippen LogP contribution in [0.2, 0.25) is 0 Å². The topological polar surface area (TPSA) is 175 Å². The van der Waals surface area contributed by atoms with Crippen molar-refractivity contribution in [3.63, 3.8) is 0 Å². The number of carbonyl (C=O) groups is 4. The van der Waals surface area contributed by atoms with Crippen LogP contribution >= 0.6 is 0 Å². The molecule has 13 heteroatoms. The lowest BCUT2D eigenvalue weighted by molar-refractivity contribution is -0.175. The maximum Gasteiger partial charge on any atom is 0.510 e. The third kappa shape index (κ3) is 5.19. The van der Waals surface area contributed by atoms with E-state index in [1.807, 2.05) is 6.92 Å². The fraction of sp³-hybridized carbons (Fsp3) is 0.273. The van der Waals surface area contributed by atoms with Crippen LogP contribution in [-0.4, -0.2) is 45.6 Å². The molecule has 236 valence electrons. The van der Waals surface area contributed by atoms with Gasteiger partial charge in [0.15, 0.2) is 0 Å². The van der Waals surface area contributed by atoms with Crippen LogP contribution in [0, 0.1) is 0 Å². The lowest BCUT2D eigenvalue weighted by Crippen LogP contribution is -2.47. The first kappa shape index (κ1) is 30.3. The van der Waals surface area contributed by atoms with Crippen LogP contribution in [0.15, 0.2) is 53.3 Å². The number of rotatable bonds is 9. The summed E-state index contributed by atoms with van der Waals surface area (Å²) in [6.07, 6.45) is -0.103. The molecule has 2 aliphatic rings. The van der Waals surface area contributed by atoms with Crippen molar-refractivity contribution < 1.29 is 38.5 Å². The molecule has 0 spiro atoms. The number of phenolic OH excluding ortho intramolecular Hbond substituents is 1. The molecule has 0 bridgehead atoms. The molecular weight excluding hydrogens is 596 g/mol. The van der Waals surface area contributed by atoms with Gasteiger partial charge >= 0.3 is 12.1 Å². The van der Waals surface area contributed by atoms with Crippen LogP contribution in [0.4, 0.5) is 10.5 Å². The zero-order chi connectivity index (χ0) is 32.6. The highest BCUT2D eigenvalue weighted by Gasteiger charge is 2.51. The summed E-state index contributed by atoms with van der Waals surface area (Å²) in [5.41, 5.74) is 2.69. The molecule has 13 nitrogen and oxygen atoms in total. The van der Waals surface area contributed by atoms with Crippen LogP contribution in [0.3, 0.4) is 0 Å². The first-order chi connectivity index (χ1) is 22.2. The Kier molecular flexibility index (Phi) is 7.90. The molecule has 0 unspecified atom stereocenters. The van der Waals surface area contributed by atoms with Crippen LogP contribution < -0.4 is 16.2 Å². The zero-order valence-electron chi connectivity index (χ0n) is 25.0. The van der Waals surface area contributed by atoms with E-state index in [9.17, 15) is 29.1 Å². The second-order valence-electron chi connectivity index (χ2n) is 10.9. The summed E-state index contributed by atoms with van der Waals surface area (Å²) >= 11 is 0. The number of benzene rings is 2. The monoisotopic (exact) mass is 626 g/mol. The highest BCUT2D eigenvalue weighted by molar-refractivity contribution is 5.93. The number of aromatic nitrogens is 2. The maximum atomic E-state index is 13.9. The van der Waals surface area contributed by atoms with E-state index in [1.165, 1.54) is 0 Å². The summed E-state index contributed by atoms with van der Waals surface area (Å²) in [6.45, 7) is 3.24. The summed E-state index contributed by atoms with van der Waals surface area (Å²) in [5.74, 6) is -1.11. The molecule has 0 fully saturated rings. The Bertz CT molecular complexity index is 1970. The van der Waals surface area contributed by atoms with Gasteiger partial charge < -0.3 is 34.5 Å². The number of amides is 2. The van der Waals surface area contributed by atoms with Gasteiger partial charge in [-0.3, -0.25) is 14.4 Å². The van der Waals surface area contributed by atoms with E-state index >= 15 is 0 Å². The number of nitrogens with one attached hydrogen (secondary N) is 2. The molecule has 2 aliphatic heterocycles. The van der Waals surface area contributed by atoms with Gasteiger partial charge in [-0.25, -0.2) is 14.6 Å². The minimum atomic E-state index is -1.93. The smallest absolute Gasteiger partial charge is 0.508 e. The molecule has 4 aromatic rings. The molecule has 46 heavy (non-hydrogen) atoms. The highest BCUT2D eigenvalue weighted by atomic mass is 16.7. The number of esters is 1. The van der Waals surface area contributed by atoms with Gasteiger partial charge in [-0.15, -0.1) is 0 Å². The molecule has 0 aliphatic carbocycles. The maximum absolute atomic E-state index is 13.9. The lowest BCUT2D eigenvalue weighted by Gasteiger charge is -2.35. The number of carbonyl (C=O) groups excluding carboxylic acids is 4. The van der Waals surface area contributed by atoms with Gasteiger partial charge in [0.25, 0.3) is 5.56 Å². The second-order valence-corrected chi connectivity index (χ2v) is 10.9. The van der Waals surface area contributed by atoms with Crippen molar-refractivity contribution in [2.24, 2.45) is 0 Å². The summed E-state index contributed by atoms with van der Waals surface area (Å²) in [4.78, 5) is 67.2. The van der Waals surface area contributed by atoms with Crippen molar-refractivity contribution in [1.29, 1.82) is 0 Å². The fourth-order valence-electron chi connectivity index (χ4n) is 6.05. The molecule has 2 amide bonds. The van der Waals surface area contributed by atoms with E-state index in [1.54, 1.807) is 60.0 Å². The van der Waals surface area contributed by atoms with Crippen molar-refractivity contribution in [3.8, 4) is 17.1 Å². The van der Waals surface area contributed by atoms with Gasteiger partial charge in [-0.1, -0.05) is 26.0 Å². The van der Waals surface area contributed by atoms with Crippen LogP contribution in [-0.2, 0) is 60.4 Å². The highest BCUT2D eigenvalue weighted by Crippen LogP contribution is 2.42. The quantitative estimate of drug-likeness (QED) is 0.162. The third-order valence-corrected chi connectivity index (χ3v) is 8.31. The molecule has 2 aromatic heterocycles. The largest absolute Gasteiger partial charge is 0.510 e. The van der Waals surface area contributed by atoms with Crippen LogP contribution in [0.5, 0.6) is 5.75 Å². The van der Waals surface area contributed by atoms with Gasteiger partial charge in [-0.2, -0.15) is 0 Å². The number of cyclic esters (lactones) is 1. The van der Waals surface area contributed by atoms with Crippen molar-refractivity contribution in [1.82, 2.24) is 14.9 Å². The number of phenols is 1. The molecule has 3 N–H and O–H groups in total. The van der Waals surface area contributed by atoms with Gasteiger partial charge in [0.1, 0.15) is 19.0 Å². The van der Waals surface area contributed by atoms with Gasteiger partial charge in [0.2, 0.25) is 17.9 Å². The van der Waals surface area contributed by atoms with Crippen molar-refractivity contribution in [3.05, 3.63) is 86.7 Å². The Balaban J connectivity index is 1.28. The van der Waals surface area contributed by atoms with Gasteiger partial charge in [-0.05, 0) is 60.4 Å². The van der Waals surface area contributed by atoms with E-state index in [2.05, 4.69) is 10.6 Å². The van der Waals surface area contributed by atoms with Gasteiger partial charge in [0, 0.05) is 22.2 Å². The molecule has 2 aromatic carbocycles. The van der Waals surface area contributed by atoms with Crippen LogP contribution in [0.1, 0.15) is 48.1 Å². The number of hydrogen-bond donors (Lipinski definition) is 3. The van der Waals surface area contributed by atoms with Crippen molar-refractivity contribution >= 4 is 41.0 Å². The Hall–Kier alpha value is -5.72. The number of aromatic hydroxyl groups is 1. The van der Waals surface area contributed by atoms with E-state index in [-0.39, 0.29) is 55.2 Å². The second kappa shape index (κ2) is 12.0. The Morgan fingerprint density at radius 3 is 2.61 bits per heavy atom. The molecule has 4 heterocycles. The third-order valence-electron chi connectivity index (χ3n) is 8.31. The first-order valence-electron chi connectivity index (χ1n) is 14.7. The molecule has 0 saturated carbocycles. The summed E-state index contributed by atoms with van der Waals surface area (Å²) in [5, 5.41) is 15.8. The average molecular weight is 627 g/mol.